The van der Waals surface area contributed by atoms with Crippen molar-refractivity contribution in [3.8, 4) is 0 Å². The minimum Gasteiger partial charge on any atom is -0.274 e. The summed E-state index contributed by atoms with van der Waals surface area (Å²) in [5.41, 5.74) is 3.22. The molecule has 0 fully saturated rings. The van der Waals surface area contributed by atoms with Gasteiger partial charge in [-0.2, -0.15) is 0 Å². The molecule has 0 radical (unpaired) electrons. The van der Waals surface area contributed by atoms with Crippen molar-refractivity contribution in [2.45, 2.75) is 46.1 Å². The standard InChI is InChI=1S/C12H22BrNOSi/c1-7-15-14-8-11(13)9(2)10(3)12(14)16(4,5)6/h8,12H,7H2,1-6H3. The Morgan fingerprint density at radius 2 is 1.94 bits per heavy atom. The number of hydrogen-bond donors (Lipinski definition) is 0. The minimum atomic E-state index is -1.31. The van der Waals surface area contributed by atoms with Crippen LogP contribution in [0.1, 0.15) is 20.8 Å². The molecule has 16 heavy (non-hydrogen) atoms. The van der Waals surface area contributed by atoms with Gasteiger partial charge in [-0.1, -0.05) is 19.6 Å². The second-order valence-electron chi connectivity index (χ2n) is 5.33. The largest absolute Gasteiger partial charge is 0.274 e. The van der Waals surface area contributed by atoms with Gasteiger partial charge >= 0.3 is 0 Å². The molecule has 0 spiro atoms. The first-order chi connectivity index (χ1) is 7.29. The lowest BCUT2D eigenvalue weighted by Crippen LogP contribution is -2.51. The average Bonchev–Trinajstić information content (AvgIpc) is 2.12. The van der Waals surface area contributed by atoms with Gasteiger partial charge in [-0.25, -0.2) is 0 Å². The van der Waals surface area contributed by atoms with E-state index in [1.807, 2.05) is 12.0 Å². The Kier molecular flexibility index (Phi) is 4.43. The summed E-state index contributed by atoms with van der Waals surface area (Å²) in [6, 6.07) is 0. The zero-order valence-electron chi connectivity index (χ0n) is 11.1. The first-order valence-corrected chi connectivity index (χ1v) is 10.1. The molecule has 0 aromatic carbocycles. The second-order valence-corrected chi connectivity index (χ2v) is 11.5. The summed E-state index contributed by atoms with van der Waals surface area (Å²) in [6.07, 6.45) is 2.08. The molecule has 0 aliphatic carbocycles. The Balaban J connectivity index is 3.11. The van der Waals surface area contributed by atoms with E-state index in [1.54, 1.807) is 0 Å². The summed E-state index contributed by atoms with van der Waals surface area (Å²) in [5.74, 6) is 0. The third-order valence-corrected chi connectivity index (χ3v) is 6.08. The monoisotopic (exact) mass is 303 g/mol. The topological polar surface area (TPSA) is 12.5 Å². The minimum absolute atomic E-state index is 0.439. The van der Waals surface area contributed by atoms with Crippen molar-refractivity contribution in [3.63, 3.8) is 0 Å². The fourth-order valence-electron chi connectivity index (χ4n) is 2.16. The third-order valence-electron chi connectivity index (χ3n) is 2.95. The van der Waals surface area contributed by atoms with Gasteiger partial charge in [0.05, 0.1) is 20.3 Å². The molecule has 1 rings (SSSR count). The van der Waals surface area contributed by atoms with Crippen LogP contribution in [0.5, 0.6) is 0 Å². The van der Waals surface area contributed by atoms with Crippen molar-refractivity contribution in [3.05, 3.63) is 21.8 Å². The highest BCUT2D eigenvalue weighted by molar-refractivity contribution is 9.12. The van der Waals surface area contributed by atoms with Crippen LogP contribution in [0.15, 0.2) is 21.8 Å². The van der Waals surface area contributed by atoms with Gasteiger partial charge in [0.25, 0.3) is 0 Å². The van der Waals surface area contributed by atoms with E-state index < -0.39 is 8.07 Å². The molecule has 1 unspecified atom stereocenters. The van der Waals surface area contributed by atoms with Gasteiger partial charge in [0.2, 0.25) is 0 Å². The smallest absolute Gasteiger partial charge is 0.0790 e. The first-order valence-electron chi connectivity index (χ1n) is 5.75. The number of rotatable bonds is 3. The van der Waals surface area contributed by atoms with E-state index in [0.717, 1.165) is 4.48 Å². The van der Waals surface area contributed by atoms with Crippen LogP contribution in [0.4, 0.5) is 0 Å². The second kappa shape index (κ2) is 5.06. The van der Waals surface area contributed by atoms with Crippen LogP contribution < -0.4 is 0 Å². The molecule has 0 saturated carbocycles. The van der Waals surface area contributed by atoms with Crippen LogP contribution in [0.25, 0.3) is 0 Å². The highest BCUT2D eigenvalue weighted by Gasteiger charge is 2.36. The van der Waals surface area contributed by atoms with Crippen LogP contribution in [-0.2, 0) is 4.84 Å². The van der Waals surface area contributed by atoms with E-state index in [0.29, 0.717) is 12.3 Å². The van der Waals surface area contributed by atoms with Crippen LogP contribution in [0.2, 0.25) is 19.6 Å². The van der Waals surface area contributed by atoms with Crippen LogP contribution in [-0.4, -0.2) is 25.4 Å². The van der Waals surface area contributed by atoms with Crippen molar-refractivity contribution in [1.82, 2.24) is 5.06 Å². The van der Waals surface area contributed by atoms with Crippen molar-refractivity contribution in [2.75, 3.05) is 6.61 Å². The summed E-state index contributed by atoms with van der Waals surface area (Å²) in [6.45, 7) is 14.3. The molecule has 0 N–H and O–H groups in total. The lowest BCUT2D eigenvalue weighted by molar-refractivity contribution is -0.122. The maximum Gasteiger partial charge on any atom is 0.0790 e. The molecule has 92 valence electrons. The fraction of sp³-hybridized carbons (Fsp3) is 0.667. The van der Waals surface area contributed by atoms with Crippen molar-refractivity contribution in [2.24, 2.45) is 0 Å². The summed E-state index contributed by atoms with van der Waals surface area (Å²) in [5, 5.41) is 2.04. The number of halogens is 1. The maximum absolute atomic E-state index is 5.74. The molecule has 2 nitrogen and oxygen atoms in total. The fourth-order valence-corrected chi connectivity index (χ4v) is 5.10. The molecule has 1 aliphatic rings. The molecule has 0 saturated heterocycles. The van der Waals surface area contributed by atoms with Crippen molar-refractivity contribution < 1.29 is 4.84 Å². The van der Waals surface area contributed by atoms with Crippen LogP contribution in [0.3, 0.4) is 0 Å². The van der Waals surface area contributed by atoms with Gasteiger partial charge in [-0.3, -0.25) is 9.90 Å². The zero-order chi connectivity index (χ0) is 12.5. The van der Waals surface area contributed by atoms with Gasteiger partial charge in [0.1, 0.15) is 0 Å². The lowest BCUT2D eigenvalue weighted by atomic mass is 10.1. The van der Waals surface area contributed by atoms with Gasteiger partial charge in [-0.15, -0.1) is 0 Å². The summed E-state index contributed by atoms with van der Waals surface area (Å²) in [4.78, 5) is 5.74. The van der Waals surface area contributed by atoms with Crippen LogP contribution in [0, 0.1) is 0 Å². The summed E-state index contributed by atoms with van der Waals surface area (Å²) in [7, 11) is -1.31. The maximum atomic E-state index is 5.74. The van der Waals surface area contributed by atoms with E-state index >= 15 is 0 Å². The van der Waals surface area contributed by atoms with E-state index in [1.165, 1.54) is 11.1 Å². The van der Waals surface area contributed by atoms with Crippen molar-refractivity contribution >= 4 is 24.0 Å². The van der Waals surface area contributed by atoms with Gasteiger partial charge in [0, 0.05) is 10.7 Å². The average molecular weight is 304 g/mol. The molecule has 0 aromatic heterocycles. The van der Waals surface area contributed by atoms with Gasteiger partial charge in [-0.05, 0) is 47.8 Å². The Morgan fingerprint density at radius 1 is 1.38 bits per heavy atom. The third kappa shape index (κ3) is 2.79. The Morgan fingerprint density at radius 3 is 2.38 bits per heavy atom. The van der Waals surface area contributed by atoms with Gasteiger partial charge in [0.15, 0.2) is 0 Å². The Hall–Kier alpha value is -0.0631. The van der Waals surface area contributed by atoms with Crippen LogP contribution >= 0.6 is 15.9 Å². The normalized spacial score (nSPS) is 22.6. The number of hydrogen-bond acceptors (Lipinski definition) is 2. The summed E-state index contributed by atoms with van der Waals surface area (Å²) >= 11 is 3.60. The Labute approximate surface area is 108 Å². The quantitative estimate of drug-likeness (QED) is 0.729. The van der Waals surface area contributed by atoms with E-state index in [4.69, 9.17) is 4.84 Å². The predicted octanol–water partition coefficient (Wildman–Crippen LogP) is 4.07. The molecule has 0 amide bonds. The molecule has 1 atom stereocenters. The molecule has 4 heteroatoms. The first kappa shape index (κ1) is 14.0. The number of hydroxylamine groups is 2. The highest BCUT2D eigenvalue weighted by atomic mass is 79.9. The SMILES string of the molecule is CCON1C=C(Br)C(C)=C(C)C1[Si](C)(C)C. The highest BCUT2D eigenvalue weighted by Crippen LogP contribution is 2.34. The lowest BCUT2D eigenvalue weighted by Gasteiger charge is -2.41. The number of nitrogens with zero attached hydrogens (tertiary/aromatic N) is 1. The van der Waals surface area contributed by atoms with Crippen molar-refractivity contribution in [1.29, 1.82) is 0 Å². The molecule has 0 aromatic rings. The van der Waals surface area contributed by atoms with E-state index in [-0.39, 0.29) is 0 Å². The Bertz CT molecular complexity index is 330. The van der Waals surface area contributed by atoms with E-state index in [9.17, 15) is 0 Å². The molecule has 0 bridgehead atoms. The molecular weight excluding hydrogens is 282 g/mol. The number of allylic oxidation sites excluding steroid dienone is 2. The molecular formula is C12H22BrNOSi. The van der Waals surface area contributed by atoms with Gasteiger partial charge < -0.3 is 0 Å². The predicted molar refractivity (Wildman–Crippen MR) is 76.0 cm³/mol. The zero-order valence-corrected chi connectivity index (χ0v) is 13.7. The molecule has 1 heterocycles. The van der Waals surface area contributed by atoms with E-state index in [2.05, 4.69) is 55.6 Å². The molecule has 1 aliphatic heterocycles. The summed E-state index contributed by atoms with van der Waals surface area (Å²) < 4.78 is 1.13.